The number of para-hydroxylation sites is 1. The standard InChI is InChI=1S/C27H29FN4O2/c1-2-21-5-3-4-6-25(21)30-27(34)29-23-11-13-24(14-12-23)31-15-17-32(18-16-31)26(33)19-20-7-9-22(28)10-8-20/h3-14H,2,15-19H2,1H3,(H2,29,30,34). The Balaban J connectivity index is 1.27. The molecular formula is C27H29FN4O2. The fourth-order valence-corrected chi connectivity index (χ4v) is 4.09. The second-order valence-electron chi connectivity index (χ2n) is 8.31. The fourth-order valence-electron chi connectivity index (χ4n) is 4.09. The lowest BCUT2D eigenvalue weighted by Crippen LogP contribution is -2.49. The summed E-state index contributed by atoms with van der Waals surface area (Å²) < 4.78 is 13.1. The van der Waals surface area contributed by atoms with Crippen molar-refractivity contribution in [3.05, 3.63) is 89.7 Å². The Labute approximate surface area is 199 Å². The number of nitrogens with one attached hydrogen (secondary N) is 2. The van der Waals surface area contributed by atoms with Gasteiger partial charge in [0.05, 0.1) is 6.42 Å². The number of carbonyl (C=O) groups is 2. The predicted molar refractivity (Wildman–Crippen MR) is 134 cm³/mol. The molecule has 1 saturated heterocycles. The molecule has 0 saturated carbocycles. The third-order valence-corrected chi connectivity index (χ3v) is 6.04. The monoisotopic (exact) mass is 460 g/mol. The number of hydrogen-bond acceptors (Lipinski definition) is 3. The normalized spacial score (nSPS) is 13.5. The van der Waals surface area contributed by atoms with Crippen molar-refractivity contribution in [2.45, 2.75) is 19.8 Å². The van der Waals surface area contributed by atoms with Crippen LogP contribution in [-0.2, 0) is 17.6 Å². The van der Waals surface area contributed by atoms with E-state index in [1.807, 2.05) is 53.4 Å². The lowest BCUT2D eigenvalue weighted by molar-refractivity contribution is -0.130. The summed E-state index contributed by atoms with van der Waals surface area (Å²) in [6.45, 7) is 4.80. The number of carbonyl (C=O) groups excluding carboxylic acids is 2. The Morgan fingerprint density at radius 3 is 2.21 bits per heavy atom. The molecule has 3 amide bonds. The Bertz CT molecular complexity index is 1120. The quantitative estimate of drug-likeness (QED) is 0.549. The van der Waals surface area contributed by atoms with Gasteiger partial charge in [-0.25, -0.2) is 9.18 Å². The topological polar surface area (TPSA) is 64.7 Å². The van der Waals surface area contributed by atoms with E-state index in [1.165, 1.54) is 12.1 Å². The molecule has 1 fully saturated rings. The van der Waals surface area contributed by atoms with E-state index >= 15 is 0 Å². The van der Waals surface area contributed by atoms with Crippen molar-refractivity contribution in [3.8, 4) is 0 Å². The Kier molecular flexibility index (Phi) is 7.42. The maximum Gasteiger partial charge on any atom is 0.323 e. The minimum atomic E-state index is -0.298. The van der Waals surface area contributed by atoms with E-state index in [9.17, 15) is 14.0 Å². The van der Waals surface area contributed by atoms with Crippen LogP contribution in [0.3, 0.4) is 0 Å². The van der Waals surface area contributed by atoms with Gasteiger partial charge >= 0.3 is 6.03 Å². The average Bonchev–Trinajstić information content (AvgIpc) is 2.86. The Morgan fingerprint density at radius 1 is 0.853 bits per heavy atom. The van der Waals surface area contributed by atoms with Gasteiger partial charge in [0, 0.05) is 43.2 Å². The number of anilines is 3. The molecule has 0 bridgehead atoms. The zero-order chi connectivity index (χ0) is 23.9. The summed E-state index contributed by atoms with van der Waals surface area (Å²) in [6, 6.07) is 21.3. The number of rotatable bonds is 6. The number of piperazine rings is 1. The zero-order valence-corrected chi connectivity index (χ0v) is 19.3. The molecule has 0 atom stereocenters. The molecule has 0 aliphatic carbocycles. The first-order valence-corrected chi connectivity index (χ1v) is 11.5. The van der Waals surface area contributed by atoms with Crippen LogP contribution in [0.5, 0.6) is 0 Å². The molecule has 7 heteroatoms. The minimum Gasteiger partial charge on any atom is -0.368 e. The summed E-state index contributed by atoms with van der Waals surface area (Å²) in [6.07, 6.45) is 1.13. The number of aryl methyl sites for hydroxylation is 1. The first kappa shape index (κ1) is 23.3. The molecule has 2 N–H and O–H groups in total. The summed E-state index contributed by atoms with van der Waals surface area (Å²) >= 11 is 0. The number of nitrogens with zero attached hydrogens (tertiary/aromatic N) is 2. The van der Waals surface area contributed by atoms with Crippen molar-refractivity contribution in [3.63, 3.8) is 0 Å². The molecule has 1 heterocycles. The predicted octanol–water partition coefficient (Wildman–Crippen LogP) is 4.92. The van der Waals surface area contributed by atoms with Crippen LogP contribution in [0.15, 0.2) is 72.8 Å². The molecule has 1 aliphatic rings. The molecule has 34 heavy (non-hydrogen) atoms. The Morgan fingerprint density at radius 2 is 1.53 bits per heavy atom. The van der Waals surface area contributed by atoms with E-state index < -0.39 is 0 Å². The molecule has 0 spiro atoms. The highest BCUT2D eigenvalue weighted by Gasteiger charge is 2.21. The molecule has 0 unspecified atom stereocenters. The second-order valence-corrected chi connectivity index (χ2v) is 8.31. The lowest BCUT2D eigenvalue weighted by atomic mass is 10.1. The van der Waals surface area contributed by atoms with Gasteiger partial charge in [0.1, 0.15) is 5.82 Å². The van der Waals surface area contributed by atoms with Crippen LogP contribution >= 0.6 is 0 Å². The summed E-state index contributed by atoms with van der Waals surface area (Å²) in [7, 11) is 0. The van der Waals surface area contributed by atoms with Gasteiger partial charge in [-0.2, -0.15) is 0 Å². The smallest absolute Gasteiger partial charge is 0.323 e. The summed E-state index contributed by atoms with van der Waals surface area (Å²) in [5.41, 5.74) is 4.48. The van der Waals surface area contributed by atoms with E-state index in [0.717, 1.165) is 42.0 Å². The number of urea groups is 1. The van der Waals surface area contributed by atoms with Gasteiger partial charge in [-0.05, 0) is 60.0 Å². The SMILES string of the molecule is CCc1ccccc1NC(=O)Nc1ccc(N2CCN(C(=O)Cc3ccc(F)cc3)CC2)cc1. The second kappa shape index (κ2) is 10.8. The van der Waals surface area contributed by atoms with Crippen LogP contribution < -0.4 is 15.5 Å². The molecule has 3 aromatic carbocycles. The molecule has 6 nitrogen and oxygen atoms in total. The molecular weight excluding hydrogens is 431 g/mol. The molecule has 4 rings (SSSR count). The highest BCUT2D eigenvalue weighted by atomic mass is 19.1. The van der Waals surface area contributed by atoms with Gasteiger partial charge < -0.3 is 20.4 Å². The van der Waals surface area contributed by atoms with Gasteiger partial charge in [-0.1, -0.05) is 37.3 Å². The van der Waals surface area contributed by atoms with Crippen LogP contribution in [-0.4, -0.2) is 43.0 Å². The van der Waals surface area contributed by atoms with Crippen molar-refractivity contribution in [1.82, 2.24) is 4.90 Å². The first-order chi connectivity index (χ1) is 16.5. The first-order valence-electron chi connectivity index (χ1n) is 11.5. The van der Waals surface area contributed by atoms with Gasteiger partial charge in [0.15, 0.2) is 0 Å². The average molecular weight is 461 g/mol. The van der Waals surface area contributed by atoms with Gasteiger partial charge in [0.2, 0.25) is 5.91 Å². The van der Waals surface area contributed by atoms with E-state index in [-0.39, 0.29) is 24.2 Å². The highest BCUT2D eigenvalue weighted by molar-refractivity contribution is 6.00. The molecule has 1 aliphatic heterocycles. The van der Waals surface area contributed by atoms with Crippen LogP contribution in [0.4, 0.5) is 26.2 Å². The summed E-state index contributed by atoms with van der Waals surface area (Å²) in [5, 5.41) is 5.78. The molecule has 0 aromatic heterocycles. The van der Waals surface area contributed by atoms with Crippen molar-refractivity contribution in [1.29, 1.82) is 0 Å². The Hall–Kier alpha value is -3.87. The van der Waals surface area contributed by atoms with Gasteiger partial charge in [-0.15, -0.1) is 0 Å². The van der Waals surface area contributed by atoms with Crippen molar-refractivity contribution >= 4 is 29.0 Å². The van der Waals surface area contributed by atoms with Crippen molar-refractivity contribution in [2.24, 2.45) is 0 Å². The largest absolute Gasteiger partial charge is 0.368 e. The molecule has 0 radical (unpaired) electrons. The van der Waals surface area contributed by atoms with Crippen molar-refractivity contribution in [2.75, 3.05) is 41.7 Å². The number of benzene rings is 3. The van der Waals surface area contributed by atoms with Gasteiger partial charge in [0.25, 0.3) is 0 Å². The van der Waals surface area contributed by atoms with Crippen LogP contribution in [0, 0.1) is 5.82 Å². The third kappa shape index (κ3) is 5.92. The van der Waals surface area contributed by atoms with Crippen molar-refractivity contribution < 1.29 is 14.0 Å². The number of amides is 3. The lowest BCUT2D eigenvalue weighted by Gasteiger charge is -2.36. The van der Waals surface area contributed by atoms with E-state index in [2.05, 4.69) is 22.5 Å². The van der Waals surface area contributed by atoms with E-state index in [0.29, 0.717) is 18.8 Å². The summed E-state index contributed by atoms with van der Waals surface area (Å²) in [5.74, 6) is -0.241. The molecule has 176 valence electrons. The van der Waals surface area contributed by atoms with Crippen LogP contribution in [0.1, 0.15) is 18.1 Å². The maximum atomic E-state index is 13.1. The fraction of sp³-hybridized carbons (Fsp3) is 0.259. The summed E-state index contributed by atoms with van der Waals surface area (Å²) in [4.78, 5) is 29.1. The van der Waals surface area contributed by atoms with Crippen LogP contribution in [0.25, 0.3) is 0 Å². The zero-order valence-electron chi connectivity index (χ0n) is 19.3. The number of halogens is 1. The van der Waals surface area contributed by atoms with Crippen LogP contribution in [0.2, 0.25) is 0 Å². The highest BCUT2D eigenvalue weighted by Crippen LogP contribution is 2.21. The number of hydrogen-bond donors (Lipinski definition) is 2. The van der Waals surface area contributed by atoms with Gasteiger partial charge in [-0.3, -0.25) is 4.79 Å². The van der Waals surface area contributed by atoms with E-state index in [4.69, 9.17) is 0 Å². The minimum absolute atomic E-state index is 0.0569. The molecule has 3 aromatic rings. The maximum absolute atomic E-state index is 13.1. The van der Waals surface area contributed by atoms with E-state index in [1.54, 1.807) is 12.1 Å². The third-order valence-electron chi connectivity index (χ3n) is 6.04.